The summed E-state index contributed by atoms with van der Waals surface area (Å²) >= 11 is 0. The Hall–Kier alpha value is -3.47. The van der Waals surface area contributed by atoms with Gasteiger partial charge in [-0.2, -0.15) is 5.10 Å². The molecule has 27 heavy (non-hydrogen) atoms. The summed E-state index contributed by atoms with van der Waals surface area (Å²) in [6, 6.07) is 20.3. The number of carbonyl (C=O) groups excluding carboxylic acids is 1. The van der Waals surface area contributed by atoms with E-state index in [9.17, 15) is 4.79 Å². The number of rotatable bonds is 5. The zero-order chi connectivity index (χ0) is 18.6. The van der Waals surface area contributed by atoms with E-state index in [2.05, 4.69) is 44.3 Å². The molecule has 0 unspecified atom stereocenters. The number of pyridine rings is 1. The fourth-order valence-corrected chi connectivity index (χ4v) is 3.32. The lowest BCUT2D eigenvalue weighted by molar-refractivity contribution is -0.121. The second kappa shape index (κ2) is 7.41. The van der Waals surface area contributed by atoms with E-state index < -0.39 is 0 Å². The molecule has 1 N–H and O–H groups in total. The minimum absolute atomic E-state index is 0.106. The number of aromatic nitrogens is 2. The molecule has 0 saturated carbocycles. The third kappa shape index (κ3) is 3.44. The van der Waals surface area contributed by atoms with Crippen LogP contribution in [-0.4, -0.2) is 21.2 Å². The van der Waals surface area contributed by atoms with Gasteiger partial charge in [0.25, 0.3) is 0 Å². The van der Waals surface area contributed by atoms with Crippen LogP contribution in [-0.2, 0) is 11.3 Å². The number of hydrogen-bond acceptors (Lipinski definition) is 3. The second-order valence-electron chi connectivity index (χ2n) is 6.40. The lowest BCUT2D eigenvalue weighted by atomic mass is 10.2. The third-order valence-electron chi connectivity index (χ3n) is 4.69. The maximum atomic E-state index is 12.3. The van der Waals surface area contributed by atoms with Gasteiger partial charge in [-0.1, -0.05) is 36.4 Å². The summed E-state index contributed by atoms with van der Waals surface area (Å²) in [6.07, 6.45) is 3.77. The zero-order valence-electron chi connectivity index (χ0n) is 15.1. The molecular formula is C22H20N4O. The van der Waals surface area contributed by atoms with Gasteiger partial charge in [0.1, 0.15) is 0 Å². The molecule has 2 aromatic heterocycles. The third-order valence-corrected chi connectivity index (χ3v) is 4.69. The molecule has 134 valence electrons. The van der Waals surface area contributed by atoms with Crippen molar-refractivity contribution in [1.82, 2.24) is 15.0 Å². The van der Waals surface area contributed by atoms with Crippen molar-refractivity contribution in [3.8, 4) is 0 Å². The molecule has 2 heterocycles. The van der Waals surface area contributed by atoms with Crippen molar-refractivity contribution in [3.63, 3.8) is 0 Å². The Balaban J connectivity index is 1.51. The van der Waals surface area contributed by atoms with Crippen LogP contribution in [0, 0.1) is 0 Å². The van der Waals surface area contributed by atoms with Gasteiger partial charge in [0.2, 0.25) is 5.91 Å². The minimum Gasteiger partial charge on any atom is -0.340 e. The summed E-state index contributed by atoms with van der Waals surface area (Å²) in [6.45, 7) is 2.46. The van der Waals surface area contributed by atoms with Gasteiger partial charge in [-0.05, 0) is 31.2 Å². The van der Waals surface area contributed by atoms with Crippen LogP contribution < -0.4 is 5.43 Å². The first-order valence-electron chi connectivity index (χ1n) is 8.93. The van der Waals surface area contributed by atoms with Gasteiger partial charge >= 0.3 is 0 Å². The molecule has 0 aliphatic carbocycles. The Morgan fingerprint density at radius 3 is 2.19 bits per heavy atom. The van der Waals surface area contributed by atoms with Crippen molar-refractivity contribution in [1.29, 1.82) is 0 Å². The molecule has 5 heteroatoms. The van der Waals surface area contributed by atoms with E-state index in [4.69, 9.17) is 0 Å². The number of aryl methyl sites for hydroxylation is 1. The van der Waals surface area contributed by atoms with Crippen LogP contribution in [0.5, 0.6) is 0 Å². The molecule has 0 aliphatic rings. The van der Waals surface area contributed by atoms with Crippen molar-refractivity contribution >= 4 is 33.4 Å². The van der Waals surface area contributed by atoms with E-state index in [1.807, 2.05) is 43.3 Å². The van der Waals surface area contributed by atoms with E-state index in [0.717, 1.165) is 22.3 Å². The highest BCUT2D eigenvalue weighted by atomic mass is 16.2. The number of nitrogens with zero attached hydrogens (tertiary/aromatic N) is 3. The number of hydrogen-bond donors (Lipinski definition) is 1. The number of amides is 1. The van der Waals surface area contributed by atoms with E-state index >= 15 is 0 Å². The first-order chi connectivity index (χ1) is 13.2. The van der Waals surface area contributed by atoms with E-state index in [-0.39, 0.29) is 5.91 Å². The Kier molecular flexibility index (Phi) is 4.66. The van der Waals surface area contributed by atoms with E-state index in [1.54, 1.807) is 12.4 Å². The van der Waals surface area contributed by atoms with Crippen molar-refractivity contribution in [2.75, 3.05) is 0 Å². The van der Waals surface area contributed by atoms with Crippen LogP contribution in [0.2, 0.25) is 0 Å². The topological polar surface area (TPSA) is 59.3 Å². The highest BCUT2D eigenvalue weighted by Crippen LogP contribution is 2.28. The molecular weight excluding hydrogens is 336 g/mol. The number of para-hydroxylation sites is 2. The Morgan fingerprint density at radius 2 is 1.56 bits per heavy atom. The van der Waals surface area contributed by atoms with E-state index in [0.29, 0.717) is 13.0 Å². The van der Waals surface area contributed by atoms with Crippen LogP contribution >= 0.6 is 0 Å². The quantitative estimate of drug-likeness (QED) is 0.432. The van der Waals surface area contributed by atoms with Crippen molar-refractivity contribution in [3.05, 3.63) is 78.6 Å². The summed E-state index contributed by atoms with van der Waals surface area (Å²) < 4.78 is 2.20. The van der Waals surface area contributed by atoms with Gasteiger partial charge in [-0.3, -0.25) is 9.78 Å². The monoisotopic (exact) mass is 356 g/mol. The maximum absolute atomic E-state index is 12.3. The first-order valence-corrected chi connectivity index (χ1v) is 8.93. The second-order valence-corrected chi connectivity index (χ2v) is 6.40. The molecule has 5 nitrogen and oxygen atoms in total. The van der Waals surface area contributed by atoms with E-state index in [1.165, 1.54) is 10.8 Å². The molecule has 0 bridgehead atoms. The van der Waals surface area contributed by atoms with Gasteiger partial charge in [-0.25, -0.2) is 5.43 Å². The SMILES string of the molecule is CC(=NNC(=O)CCn1c2ccccc2c2ccccc21)c1ccncc1. The van der Waals surface area contributed by atoms with Gasteiger partial charge in [0.15, 0.2) is 0 Å². The Labute approximate surface area is 157 Å². The molecule has 0 atom stereocenters. The number of fused-ring (bicyclic) bond motifs is 3. The predicted molar refractivity (Wildman–Crippen MR) is 109 cm³/mol. The summed E-state index contributed by atoms with van der Waals surface area (Å²) in [7, 11) is 0. The molecule has 1 amide bonds. The van der Waals surface area contributed by atoms with Crippen molar-refractivity contribution in [2.45, 2.75) is 19.9 Å². The Morgan fingerprint density at radius 1 is 0.963 bits per heavy atom. The van der Waals surface area contributed by atoms with Crippen LogP contribution in [0.25, 0.3) is 21.8 Å². The normalized spacial score (nSPS) is 11.8. The maximum Gasteiger partial charge on any atom is 0.241 e. The molecule has 4 rings (SSSR count). The zero-order valence-corrected chi connectivity index (χ0v) is 15.1. The smallest absolute Gasteiger partial charge is 0.241 e. The highest BCUT2D eigenvalue weighted by molar-refractivity contribution is 6.08. The molecule has 0 fully saturated rings. The fraction of sp³-hybridized carbons (Fsp3) is 0.136. The van der Waals surface area contributed by atoms with Crippen LogP contribution in [0.4, 0.5) is 0 Å². The van der Waals surface area contributed by atoms with Crippen molar-refractivity contribution < 1.29 is 4.79 Å². The summed E-state index contributed by atoms with van der Waals surface area (Å²) in [5.74, 6) is -0.106. The summed E-state index contributed by atoms with van der Waals surface area (Å²) in [5.41, 5.74) is 6.63. The molecule has 0 spiro atoms. The number of benzene rings is 2. The molecule has 2 aromatic carbocycles. The Bertz CT molecular complexity index is 1080. The lowest BCUT2D eigenvalue weighted by Gasteiger charge is -2.07. The van der Waals surface area contributed by atoms with Gasteiger partial charge in [-0.15, -0.1) is 0 Å². The largest absolute Gasteiger partial charge is 0.340 e. The molecule has 0 aliphatic heterocycles. The summed E-state index contributed by atoms with van der Waals surface area (Å²) in [4.78, 5) is 16.3. The van der Waals surface area contributed by atoms with Crippen LogP contribution in [0.1, 0.15) is 18.9 Å². The molecule has 4 aromatic rings. The molecule has 0 radical (unpaired) electrons. The minimum atomic E-state index is -0.106. The standard InChI is InChI=1S/C22H20N4O/c1-16(17-10-13-23-14-11-17)24-25-22(27)12-15-26-20-8-4-2-6-18(20)19-7-3-5-9-21(19)26/h2-11,13-14H,12,15H2,1H3,(H,25,27). The summed E-state index contributed by atoms with van der Waals surface area (Å²) in [5, 5.41) is 6.62. The van der Waals surface area contributed by atoms with Gasteiger partial charge in [0, 0.05) is 52.7 Å². The molecule has 0 saturated heterocycles. The average molecular weight is 356 g/mol. The van der Waals surface area contributed by atoms with Gasteiger partial charge < -0.3 is 4.57 Å². The fourth-order valence-electron chi connectivity index (χ4n) is 3.32. The van der Waals surface area contributed by atoms with Crippen LogP contribution in [0.3, 0.4) is 0 Å². The number of carbonyl (C=O) groups is 1. The number of hydrazone groups is 1. The first kappa shape index (κ1) is 17.0. The van der Waals surface area contributed by atoms with Crippen molar-refractivity contribution in [2.24, 2.45) is 5.10 Å². The lowest BCUT2D eigenvalue weighted by Crippen LogP contribution is -2.20. The highest BCUT2D eigenvalue weighted by Gasteiger charge is 2.10. The van der Waals surface area contributed by atoms with Crippen LogP contribution in [0.15, 0.2) is 78.2 Å². The number of nitrogens with one attached hydrogen (secondary N) is 1. The van der Waals surface area contributed by atoms with Gasteiger partial charge in [0.05, 0.1) is 5.71 Å². The predicted octanol–water partition coefficient (Wildman–Crippen LogP) is 4.12. The average Bonchev–Trinajstić information content (AvgIpc) is 3.05.